The van der Waals surface area contributed by atoms with Crippen LogP contribution in [0.25, 0.3) is 0 Å². The average molecular weight is 398 g/mol. The highest BCUT2D eigenvalue weighted by atomic mass is 19.4. The molecule has 1 aromatic rings. The summed E-state index contributed by atoms with van der Waals surface area (Å²) in [5.41, 5.74) is 2.44. The quantitative estimate of drug-likeness (QED) is 0.403. The summed E-state index contributed by atoms with van der Waals surface area (Å²) in [6.45, 7) is 6.17. The Morgan fingerprint density at radius 3 is 1.67 bits per heavy atom. The molecule has 1 saturated carbocycles. The second-order valence-electron chi connectivity index (χ2n) is 6.48. The Kier molecular flexibility index (Phi) is 6.45. The van der Waals surface area contributed by atoms with E-state index in [-0.39, 0.29) is 5.41 Å². The fourth-order valence-electron chi connectivity index (χ4n) is 2.30. The molecular formula is C17H16F6O4. The van der Waals surface area contributed by atoms with Crippen molar-refractivity contribution < 1.29 is 45.5 Å². The number of Topliss-reactive ketones (excluding diaryl/α,β-unsaturated/α-hetero) is 1. The van der Waals surface area contributed by atoms with Crippen LogP contribution in [0.1, 0.15) is 37.3 Å². The third-order valence-corrected chi connectivity index (χ3v) is 4.11. The summed E-state index contributed by atoms with van der Waals surface area (Å²) >= 11 is 0. The molecule has 1 aliphatic carbocycles. The maximum Gasteiger partial charge on any atom is 0.491 e. The Bertz CT molecular complexity index is 692. The van der Waals surface area contributed by atoms with Gasteiger partial charge in [-0.05, 0) is 12.5 Å². The van der Waals surface area contributed by atoms with Crippen molar-refractivity contribution in [3.8, 4) is 0 Å². The molecule has 0 aromatic heterocycles. The highest BCUT2D eigenvalue weighted by molar-refractivity contribution is 5.92. The molecule has 1 fully saturated rings. The molecule has 27 heavy (non-hydrogen) atoms. The summed E-state index contributed by atoms with van der Waals surface area (Å²) in [7, 11) is 0. The topological polar surface area (TPSA) is 60.4 Å². The third kappa shape index (κ3) is 5.80. The summed E-state index contributed by atoms with van der Waals surface area (Å²) in [5.74, 6) is -5.58. The molecule has 0 radical (unpaired) electrons. The number of aryl methyl sites for hydroxylation is 1. The van der Waals surface area contributed by atoms with Crippen LogP contribution < -0.4 is 0 Å². The highest BCUT2D eigenvalue weighted by Crippen LogP contribution is 2.49. The van der Waals surface area contributed by atoms with Gasteiger partial charge in [0, 0.05) is 17.8 Å². The van der Waals surface area contributed by atoms with Crippen LogP contribution in [0.15, 0.2) is 24.3 Å². The first-order valence-corrected chi connectivity index (χ1v) is 7.57. The van der Waals surface area contributed by atoms with E-state index in [9.17, 15) is 40.7 Å². The van der Waals surface area contributed by atoms with Crippen LogP contribution in [-0.4, -0.2) is 30.1 Å². The maximum atomic E-state index is 11.4. The van der Waals surface area contributed by atoms with Crippen LogP contribution in [0, 0.1) is 12.3 Å². The minimum Gasteiger partial charge on any atom is -0.380 e. The number of ether oxygens (including phenoxy) is 1. The summed E-state index contributed by atoms with van der Waals surface area (Å²) in [4.78, 5) is 30.7. The molecule has 1 unspecified atom stereocenters. The molecule has 2 rings (SSSR count). The van der Waals surface area contributed by atoms with Crippen molar-refractivity contribution in [3.63, 3.8) is 0 Å². The normalized spacial score (nSPS) is 18.7. The molecule has 1 aromatic carbocycles. The highest BCUT2D eigenvalue weighted by Gasteiger charge is 2.49. The van der Waals surface area contributed by atoms with Crippen molar-refractivity contribution in [2.75, 3.05) is 0 Å². The van der Waals surface area contributed by atoms with Crippen molar-refractivity contribution in [1.29, 1.82) is 0 Å². The van der Waals surface area contributed by atoms with Crippen LogP contribution in [0.3, 0.4) is 0 Å². The number of halogens is 6. The van der Waals surface area contributed by atoms with Gasteiger partial charge >= 0.3 is 24.3 Å². The fourth-order valence-corrected chi connectivity index (χ4v) is 2.30. The van der Waals surface area contributed by atoms with Gasteiger partial charge in [0.1, 0.15) is 5.78 Å². The minimum atomic E-state index is -5.62. The summed E-state index contributed by atoms with van der Waals surface area (Å²) in [6, 6.07) is 8.53. The minimum absolute atomic E-state index is 0.144. The Morgan fingerprint density at radius 2 is 1.37 bits per heavy atom. The number of carbonyl (C=O) groups excluding carboxylic acids is 3. The zero-order chi connectivity index (χ0) is 21.2. The molecule has 0 saturated heterocycles. The zero-order valence-corrected chi connectivity index (χ0v) is 14.5. The number of hydrogen-bond acceptors (Lipinski definition) is 4. The van der Waals surface area contributed by atoms with Crippen molar-refractivity contribution in [3.05, 3.63) is 35.4 Å². The lowest BCUT2D eigenvalue weighted by atomic mass is 9.59. The van der Waals surface area contributed by atoms with E-state index in [0.29, 0.717) is 11.7 Å². The Balaban J connectivity index is 0.000000271. The van der Waals surface area contributed by atoms with Gasteiger partial charge in [-0.2, -0.15) is 26.3 Å². The lowest BCUT2D eigenvalue weighted by Gasteiger charge is -2.42. The Morgan fingerprint density at radius 1 is 0.963 bits per heavy atom. The Hall–Kier alpha value is -2.39. The number of carbonyl (C=O) groups is 3. The molecule has 10 heteroatoms. The van der Waals surface area contributed by atoms with E-state index in [1.54, 1.807) is 0 Å². The van der Waals surface area contributed by atoms with Crippen molar-refractivity contribution in [2.24, 2.45) is 5.41 Å². The number of benzene rings is 1. The molecule has 0 N–H and O–H groups in total. The van der Waals surface area contributed by atoms with Crippen molar-refractivity contribution >= 4 is 17.7 Å². The van der Waals surface area contributed by atoms with Gasteiger partial charge in [0.2, 0.25) is 0 Å². The third-order valence-electron chi connectivity index (χ3n) is 4.11. The average Bonchev–Trinajstić information content (AvgIpc) is 2.52. The van der Waals surface area contributed by atoms with Gasteiger partial charge < -0.3 is 4.74 Å². The van der Waals surface area contributed by atoms with Crippen LogP contribution in [0.5, 0.6) is 0 Å². The first-order chi connectivity index (χ1) is 12.1. The van der Waals surface area contributed by atoms with Gasteiger partial charge in [0.05, 0.1) is 0 Å². The molecule has 1 aliphatic rings. The molecule has 0 amide bonds. The predicted molar refractivity (Wildman–Crippen MR) is 80.5 cm³/mol. The van der Waals surface area contributed by atoms with Crippen LogP contribution in [0.2, 0.25) is 0 Å². The van der Waals surface area contributed by atoms with Crippen LogP contribution in [0.4, 0.5) is 26.3 Å². The molecule has 150 valence electrons. The number of esters is 2. The van der Waals surface area contributed by atoms with Gasteiger partial charge in [-0.25, -0.2) is 9.59 Å². The smallest absolute Gasteiger partial charge is 0.380 e. The second-order valence-corrected chi connectivity index (χ2v) is 6.48. The first kappa shape index (κ1) is 22.7. The van der Waals surface area contributed by atoms with E-state index in [0.717, 1.165) is 6.42 Å². The lowest BCUT2D eigenvalue weighted by molar-refractivity contribution is -0.221. The molecule has 0 bridgehead atoms. The molecular weight excluding hydrogens is 382 g/mol. The number of rotatable bonds is 1. The predicted octanol–water partition coefficient (Wildman–Crippen LogP) is 4.26. The van der Waals surface area contributed by atoms with E-state index < -0.39 is 24.3 Å². The van der Waals surface area contributed by atoms with E-state index in [1.807, 2.05) is 13.8 Å². The maximum absolute atomic E-state index is 11.4. The van der Waals surface area contributed by atoms with Crippen LogP contribution in [-0.2, 0) is 19.1 Å². The Labute approximate surface area is 150 Å². The molecule has 0 spiro atoms. The number of hydrogen-bond donors (Lipinski definition) is 0. The fraction of sp³-hybridized carbons (Fsp3) is 0.471. The zero-order valence-electron chi connectivity index (χ0n) is 14.5. The largest absolute Gasteiger partial charge is 0.491 e. The first-order valence-electron chi connectivity index (χ1n) is 7.57. The summed E-state index contributed by atoms with van der Waals surface area (Å²) in [5, 5.41) is 0. The van der Waals surface area contributed by atoms with E-state index in [1.165, 1.54) is 11.1 Å². The second kappa shape index (κ2) is 7.69. The summed E-state index contributed by atoms with van der Waals surface area (Å²) < 4.78 is 69.7. The van der Waals surface area contributed by atoms with Crippen molar-refractivity contribution in [1.82, 2.24) is 0 Å². The van der Waals surface area contributed by atoms with E-state index >= 15 is 0 Å². The molecule has 0 heterocycles. The van der Waals surface area contributed by atoms with Crippen molar-refractivity contribution in [2.45, 2.75) is 45.5 Å². The van der Waals surface area contributed by atoms with Gasteiger partial charge in [-0.3, -0.25) is 4.79 Å². The lowest BCUT2D eigenvalue weighted by Crippen LogP contribution is -2.43. The van der Waals surface area contributed by atoms with E-state index in [4.69, 9.17) is 0 Å². The van der Waals surface area contributed by atoms with Crippen LogP contribution >= 0.6 is 0 Å². The number of ketones is 1. The monoisotopic (exact) mass is 398 g/mol. The molecule has 0 aliphatic heterocycles. The van der Waals surface area contributed by atoms with Gasteiger partial charge in [0.15, 0.2) is 0 Å². The number of alkyl halides is 6. The van der Waals surface area contributed by atoms with Gasteiger partial charge in [-0.15, -0.1) is 0 Å². The molecule has 1 atom stereocenters. The standard InChI is InChI=1S/C13H16O.C4F6O3/c1-9-4-6-10(7-5-9)11-8-12(14)13(11,2)3;5-3(6,7)1(11)13-2(12)4(8,9)10/h4-7,11H,8H2,1-3H3;. The van der Waals surface area contributed by atoms with E-state index in [2.05, 4.69) is 35.9 Å². The van der Waals surface area contributed by atoms with Gasteiger partial charge in [0.25, 0.3) is 0 Å². The SMILES string of the molecule is Cc1ccc(C2CC(=O)C2(C)C)cc1.O=C(OC(=O)C(F)(F)F)C(F)(F)F. The summed E-state index contributed by atoms with van der Waals surface area (Å²) in [6.07, 6.45) is -10.5. The van der Waals surface area contributed by atoms with Gasteiger partial charge in [-0.1, -0.05) is 43.7 Å². The molecule has 4 nitrogen and oxygen atoms in total.